The number of nitrogens with zero attached hydrogens (tertiary/aromatic N) is 3. The lowest BCUT2D eigenvalue weighted by Gasteiger charge is -2.16. The first-order chi connectivity index (χ1) is 9.90. The Kier molecular flexibility index (Phi) is 3.36. The molecule has 0 N–H and O–H groups in total. The molecule has 1 fully saturated rings. The second kappa shape index (κ2) is 4.94. The first kappa shape index (κ1) is 14.3. The van der Waals surface area contributed by atoms with Crippen molar-refractivity contribution >= 4 is 28.5 Å². The molecule has 2 aromatic rings. The Balaban J connectivity index is 2.28. The molecule has 112 valence electrons. The third-order valence-electron chi connectivity index (χ3n) is 3.81. The lowest BCUT2D eigenvalue weighted by atomic mass is 10.2. The molecule has 21 heavy (non-hydrogen) atoms. The molecule has 0 radical (unpaired) electrons. The minimum Gasteiger partial charge on any atom is -0.344 e. The van der Waals surface area contributed by atoms with Gasteiger partial charge in [-0.25, -0.2) is 13.8 Å². The van der Waals surface area contributed by atoms with Crippen LogP contribution in [0, 0.1) is 11.6 Å². The molecule has 1 aromatic heterocycles. The maximum atomic E-state index is 13.9. The van der Waals surface area contributed by atoms with Gasteiger partial charge in [-0.2, -0.15) is 0 Å². The molecule has 2 atom stereocenters. The van der Waals surface area contributed by atoms with Gasteiger partial charge in [0.25, 0.3) is 0 Å². The van der Waals surface area contributed by atoms with E-state index in [1.165, 1.54) is 6.07 Å². The number of amides is 1. The Hall–Kier alpha value is -1.69. The number of benzene rings is 1. The van der Waals surface area contributed by atoms with Gasteiger partial charge in [-0.3, -0.25) is 4.79 Å². The molecule has 3 rings (SSSR count). The highest BCUT2D eigenvalue weighted by Gasteiger charge is 2.34. The summed E-state index contributed by atoms with van der Waals surface area (Å²) in [6.07, 6.45) is 0.565. The largest absolute Gasteiger partial charge is 0.344 e. The quantitative estimate of drug-likeness (QED) is 0.799. The lowest BCUT2D eigenvalue weighted by molar-refractivity contribution is -0.129. The Morgan fingerprint density at radius 1 is 1.43 bits per heavy atom. The first-order valence-corrected chi connectivity index (χ1v) is 7.09. The zero-order valence-electron chi connectivity index (χ0n) is 11.6. The SMILES string of the molecule is CC(Cl)c1nc2c(F)cc(F)cc2n1C1CCN(C)C1=O. The van der Waals surface area contributed by atoms with Crippen molar-refractivity contribution in [1.29, 1.82) is 0 Å². The average Bonchev–Trinajstić information content (AvgIpc) is 2.92. The molecule has 4 nitrogen and oxygen atoms in total. The number of halogens is 3. The maximum Gasteiger partial charge on any atom is 0.245 e. The van der Waals surface area contributed by atoms with Crippen molar-refractivity contribution in [3.8, 4) is 0 Å². The Labute approximate surface area is 125 Å². The van der Waals surface area contributed by atoms with Crippen molar-refractivity contribution in [2.75, 3.05) is 13.6 Å². The molecule has 1 aromatic carbocycles. The van der Waals surface area contributed by atoms with Crippen molar-refractivity contribution in [2.45, 2.75) is 24.8 Å². The predicted octanol–water partition coefficient (Wildman–Crippen LogP) is 3.02. The van der Waals surface area contributed by atoms with Gasteiger partial charge in [0.15, 0.2) is 5.82 Å². The van der Waals surface area contributed by atoms with Gasteiger partial charge in [0.05, 0.1) is 10.9 Å². The van der Waals surface area contributed by atoms with Gasteiger partial charge in [-0.1, -0.05) is 0 Å². The number of fused-ring (bicyclic) bond motifs is 1. The van der Waals surface area contributed by atoms with E-state index < -0.39 is 23.1 Å². The highest BCUT2D eigenvalue weighted by atomic mass is 35.5. The van der Waals surface area contributed by atoms with E-state index in [1.54, 1.807) is 23.4 Å². The topological polar surface area (TPSA) is 38.1 Å². The molecule has 0 spiro atoms. The van der Waals surface area contributed by atoms with Crippen LogP contribution in [0.25, 0.3) is 11.0 Å². The number of carbonyl (C=O) groups is 1. The fraction of sp³-hybridized carbons (Fsp3) is 0.429. The van der Waals surface area contributed by atoms with E-state index >= 15 is 0 Å². The number of rotatable bonds is 2. The summed E-state index contributed by atoms with van der Waals surface area (Å²) >= 11 is 6.11. The Morgan fingerprint density at radius 2 is 2.14 bits per heavy atom. The van der Waals surface area contributed by atoms with Crippen LogP contribution in [0.3, 0.4) is 0 Å². The normalized spacial score (nSPS) is 20.5. The van der Waals surface area contributed by atoms with E-state index in [0.717, 1.165) is 6.07 Å². The summed E-state index contributed by atoms with van der Waals surface area (Å²) in [5.74, 6) is -1.17. The van der Waals surface area contributed by atoms with Gasteiger partial charge in [0.1, 0.15) is 23.2 Å². The van der Waals surface area contributed by atoms with Gasteiger partial charge in [-0.15, -0.1) is 11.6 Å². The second-order valence-corrected chi connectivity index (χ2v) is 5.93. The Bertz CT molecular complexity index is 729. The third-order valence-corrected chi connectivity index (χ3v) is 4.00. The molecule has 2 heterocycles. The van der Waals surface area contributed by atoms with Crippen LogP contribution in [0.15, 0.2) is 12.1 Å². The van der Waals surface area contributed by atoms with E-state index in [-0.39, 0.29) is 16.9 Å². The fourth-order valence-corrected chi connectivity index (χ4v) is 2.94. The van der Waals surface area contributed by atoms with Gasteiger partial charge in [0, 0.05) is 25.7 Å². The molecule has 1 aliphatic rings. The third kappa shape index (κ3) is 2.18. The van der Waals surface area contributed by atoms with Crippen LogP contribution in [0.5, 0.6) is 0 Å². The number of hydrogen-bond acceptors (Lipinski definition) is 2. The molecule has 7 heteroatoms. The number of hydrogen-bond donors (Lipinski definition) is 0. The molecule has 1 saturated heterocycles. The number of carbonyl (C=O) groups excluding carboxylic acids is 1. The predicted molar refractivity (Wildman–Crippen MR) is 75.2 cm³/mol. The molecule has 0 bridgehead atoms. The van der Waals surface area contributed by atoms with Crippen LogP contribution < -0.4 is 0 Å². The van der Waals surface area contributed by atoms with Gasteiger partial charge in [-0.05, 0) is 13.3 Å². The monoisotopic (exact) mass is 313 g/mol. The summed E-state index contributed by atoms with van der Waals surface area (Å²) in [7, 11) is 1.70. The molecule has 0 aliphatic carbocycles. The first-order valence-electron chi connectivity index (χ1n) is 6.66. The molecular weight excluding hydrogens is 300 g/mol. The molecule has 2 unspecified atom stereocenters. The van der Waals surface area contributed by atoms with E-state index in [9.17, 15) is 13.6 Å². The highest BCUT2D eigenvalue weighted by molar-refractivity contribution is 6.20. The van der Waals surface area contributed by atoms with Crippen LogP contribution in [0.2, 0.25) is 0 Å². The number of likely N-dealkylation sites (N-methyl/N-ethyl adjacent to an activating group) is 1. The fourth-order valence-electron chi connectivity index (χ4n) is 2.79. The summed E-state index contributed by atoms with van der Waals surface area (Å²) in [6.45, 7) is 2.29. The van der Waals surface area contributed by atoms with Crippen LogP contribution in [-0.2, 0) is 4.79 Å². The second-order valence-electron chi connectivity index (χ2n) is 5.28. The minimum absolute atomic E-state index is 0.0428. The van der Waals surface area contributed by atoms with Crippen LogP contribution in [0.1, 0.15) is 30.6 Å². The van der Waals surface area contributed by atoms with Gasteiger partial charge in [0.2, 0.25) is 5.91 Å². The van der Waals surface area contributed by atoms with Crippen LogP contribution >= 0.6 is 11.6 Å². The van der Waals surface area contributed by atoms with Crippen molar-refractivity contribution in [1.82, 2.24) is 14.5 Å². The van der Waals surface area contributed by atoms with Gasteiger partial charge < -0.3 is 9.47 Å². The van der Waals surface area contributed by atoms with Crippen molar-refractivity contribution < 1.29 is 13.6 Å². The van der Waals surface area contributed by atoms with E-state index in [1.807, 2.05) is 0 Å². The standard InChI is InChI=1S/C14H14ClF2N3O/c1-7(15)13-18-12-9(17)5-8(16)6-11(12)20(13)10-3-4-19(2)14(10)21/h5-7,10H,3-4H2,1-2H3. The summed E-state index contributed by atoms with van der Waals surface area (Å²) in [5, 5.41) is -0.515. The summed E-state index contributed by atoms with van der Waals surface area (Å²) in [6, 6.07) is 1.46. The summed E-state index contributed by atoms with van der Waals surface area (Å²) < 4.78 is 29.0. The van der Waals surface area contributed by atoms with E-state index in [0.29, 0.717) is 18.8 Å². The lowest BCUT2D eigenvalue weighted by Crippen LogP contribution is -2.25. The minimum atomic E-state index is -0.749. The number of aromatic nitrogens is 2. The van der Waals surface area contributed by atoms with Crippen molar-refractivity contribution in [3.63, 3.8) is 0 Å². The summed E-state index contributed by atoms with van der Waals surface area (Å²) in [4.78, 5) is 18.0. The number of likely N-dealkylation sites (tertiary alicyclic amines) is 1. The van der Waals surface area contributed by atoms with Crippen molar-refractivity contribution in [3.05, 3.63) is 29.6 Å². The Morgan fingerprint density at radius 3 is 2.71 bits per heavy atom. The molecule has 0 saturated carbocycles. The zero-order valence-corrected chi connectivity index (χ0v) is 12.4. The maximum absolute atomic E-state index is 13.9. The highest BCUT2D eigenvalue weighted by Crippen LogP contribution is 2.33. The average molecular weight is 314 g/mol. The molecule has 1 aliphatic heterocycles. The van der Waals surface area contributed by atoms with E-state index in [4.69, 9.17) is 11.6 Å². The van der Waals surface area contributed by atoms with Crippen LogP contribution in [0.4, 0.5) is 8.78 Å². The summed E-state index contributed by atoms with van der Waals surface area (Å²) in [5.41, 5.74) is 0.310. The van der Waals surface area contributed by atoms with Crippen LogP contribution in [-0.4, -0.2) is 34.0 Å². The number of imidazole rings is 1. The van der Waals surface area contributed by atoms with Gasteiger partial charge >= 0.3 is 0 Å². The van der Waals surface area contributed by atoms with Crippen molar-refractivity contribution in [2.24, 2.45) is 0 Å². The smallest absolute Gasteiger partial charge is 0.245 e. The molecular formula is C14H14ClF2N3O. The zero-order chi connectivity index (χ0) is 15.3. The number of alkyl halides is 1. The molecule has 1 amide bonds. The van der Waals surface area contributed by atoms with E-state index in [2.05, 4.69) is 4.98 Å².